The minimum atomic E-state index is -1.46. The quantitative estimate of drug-likeness (QED) is 0.211. The van der Waals surface area contributed by atoms with Gasteiger partial charge >= 0.3 is 0 Å². The number of rotatable bonds is 9. The summed E-state index contributed by atoms with van der Waals surface area (Å²) in [7, 11) is 0. The van der Waals surface area contributed by atoms with Crippen LogP contribution in [0, 0.1) is 17.8 Å². The monoisotopic (exact) mass is 767 g/mol. The van der Waals surface area contributed by atoms with E-state index in [2.05, 4.69) is 26.6 Å². The fourth-order valence-corrected chi connectivity index (χ4v) is 7.62. The van der Waals surface area contributed by atoms with Crippen molar-refractivity contribution in [2.75, 3.05) is 19.7 Å². The molecule has 3 aliphatic rings. The third kappa shape index (κ3) is 10.8. The van der Waals surface area contributed by atoms with Crippen molar-refractivity contribution in [2.45, 2.75) is 135 Å². The molecule has 0 saturated carbocycles. The molecule has 15 heteroatoms. The van der Waals surface area contributed by atoms with Gasteiger partial charge in [-0.3, -0.25) is 33.6 Å². The highest BCUT2D eigenvalue weighted by molar-refractivity contribution is 5.99. The van der Waals surface area contributed by atoms with Crippen LogP contribution >= 0.6 is 0 Å². The largest absolute Gasteiger partial charge is 0.394 e. The second kappa shape index (κ2) is 19.9. The summed E-state index contributed by atoms with van der Waals surface area (Å²) in [6.07, 6.45) is 3.08. The topological polar surface area (TPSA) is 206 Å². The molecule has 4 rings (SSSR count). The lowest BCUT2D eigenvalue weighted by Gasteiger charge is -2.34. The van der Waals surface area contributed by atoms with Gasteiger partial charge in [0.2, 0.25) is 41.4 Å². The summed E-state index contributed by atoms with van der Waals surface area (Å²) in [4.78, 5) is 101. The Balaban J connectivity index is 1.78. The maximum atomic E-state index is 14.3. The Labute approximate surface area is 324 Å². The lowest BCUT2D eigenvalue weighted by atomic mass is 9.95. The molecule has 9 atom stereocenters. The van der Waals surface area contributed by atoms with Crippen molar-refractivity contribution in [3.8, 4) is 0 Å². The van der Waals surface area contributed by atoms with Crippen LogP contribution in [0.2, 0.25) is 0 Å². The van der Waals surface area contributed by atoms with Gasteiger partial charge in [-0.1, -0.05) is 84.7 Å². The minimum absolute atomic E-state index is 0.0164. The summed E-state index contributed by atoms with van der Waals surface area (Å²) in [5, 5.41) is 24.2. The van der Waals surface area contributed by atoms with Gasteiger partial charge in [-0.2, -0.15) is 0 Å². The third-order valence-electron chi connectivity index (χ3n) is 11.3. The van der Waals surface area contributed by atoms with Gasteiger partial charge in [-0.15, -0.1) is 0 Å². The number of benzene rings is 1. The van der Waals surface area contributed by atoms with E-state index in [4.69, 9.17) is 0 Å². The third-order valence-corrected chi connectivity index (χ3v) is 11.3. The summed E-state index contributed by atoms with van der Waals surface area (Å²) in [5.41, 5.74) is 0.712. The zero-order chi connectivity index (χ0) is 40.4. The first-order valence-electron chi connectivity index (χ1n) is 20.0. The number of hydrogen-bond acceptors (Lipinski definition) is 8. The van der Waals surface area contributed by atoms with Gasteiger partial charge in [0, 0.05) is 19.5 Å². The first kappa shape index (κ1) is 43.2. The van der Waals surface area contributed by atoms with Crippen LogP contribution in [-0.2, 0) is 40.0 Å². The van der Waals surface area contributed by atoms with E-state index in [9.17, 15) is 38.7 Å². The number of aliphatic hydroxyl groups excluding tert-OH is 1. The molecular weight excluding hydrogens is 706 g/mol. The van der Waals surface area contributed by atoms with E-state index in [1.54, 1.807) is 31.2 Å². The maximum absolute atomic E-state index is 14.3. The molecular formula is C40H61N7O8. The van der Waals surface area contributed by atoms with E-state index in [-0.39, 0.29) is 43.7 Å². The Morgan fingerprint density at radius 1 is 0.618 bits per heavy atom. The van der Waals surface area contributed by atoms with Gasteiger partial charge < -0.3 is 41.5 Å². The molecule has 1 aromatic rings. The molecule has 0 bridgehead atoms. The molecule has 3 fully saturated rings. The van der Waals surface area contributed by atoms with Gasteiger partial charge in [0.15, 0.2) is 0 Å². The van der Waals surface area contributed by atoms with Gasteiger partial charge in [0.05, 0.1) is 6.61 Å². The summed E-state index contributed by atoms with van der Waals surface area (Å²) in [5.74, 6) is -4.81. The van der Waals surface area contributed by atoms with Crippen LogP contribution in [0.1, 0.15) is 92.1 Å². The van der Waals surface area contributed by atoms with Crippen molar-refractivity contribution in [3.05, 3.63) is 35.9 Å². The number of nitrogens with one attached hydrogen (secondary N) is 5. The van der Waals surface area contributed by atoms with Crippen LogP contribution < -0.4 is 26.6 Å². The highest BCUT2D eigenvalue weighted by Gasteiger charge is 2.44. The highest BCUT2D eigenvalue weighted by atomic mass is 16.3. The Morgan fingerprint density at radius 3 is 1.67 bits per heavy atom. The molecule has 3 saturated heterocycles. The Bertz CT molecular complexity index is 1540. The normalized spacial score (nSPS) is 28.9. The van der Waals surface area contributed by atoms with E-state index in [0.29, 0.717) is 44.1 Å². The molecule has 3 aliphatic heterocycles. The number of amides is 7. The molecule has 15 nitrogen and oxygen atoms in total. The Morgan fingerprint density at radius 2 is 1.11 bits per heavy atom. The summed E-state index contributed by atoms with van der Waals surface area (Å²) in [6, 6.07) is 1.35. The SMILES string of the molecule is CCC(C)C1NC(=O)C(Cc2ccccc2)NC(=O)C(CO)NC(=O)C2CCCN2C(=O)C(C(C)CC)NC(=O)C2CCCN2C(=O)C(CC(C)C)NC1=O. The fraction of sp³-hybridized carbons (Fsp3) is 0.675. The van der Waals surface area contributed by atoms with Crippen LogP contribution in [0.3, 0.4) is 0 Å². The predicted molar refractivity (Wildman–Crippen MR) is 205 cm³/mol. The molecule has 304 valence electrons. The van der Waals surface area contributed by atoms with E-state index in [1.807, 2.05) is 40.7 Å². The number of fused-ring (bicyclic) bond motifs is 2. The number of aliphatic hydroxyl groups is 1. The lowest BCUT2D eigenvalue weighted by Crippen LogP contribution is -2.61. The molecule has 0 aliphatic carbocycles. The van der Waals surface area contributed by atoms with Crippen molar-refractivity contribution < 1.29 is 38.7 Å². The van der Waals surface area contributed by atoms with Crippen LogP contribution in [0.25, 0.3) is 0 Å². The van der Waals surface area contributed by atoms with Crippen molar-refractivity contribution in [3.63, 3.8) is 0 Å². The number of carbonyl (C=O) groups is 7. The van der Waals surface area contributed by atoms with Gasteiger partial charge in [0.25, 0.3) is 0 Å². The number of carbonyl (C=O) groups excluding carboxylic acids is 7. The zero-order valence-electron chi connectivity index (χ0n) is 33.1. The molecule has 1 aromatic carbocycles. The zero-order valence-corrected chi connectivity index (χ0v) is 33.1. The summed E-state index contributed by atoms with van der Waals surface area (Å²) < 4.78 is 0. The van der Waals surface area contributed by atoms with Crippen LogP contribution in [-0.4, -0.2) is 118 Å². The number of hydrogen-bond donors (Lipinski definition) is 6. The van der Waals surface area contributed by atoms with E-state index in [1.165, 1.54) is 9.80 Å². The standard InChI is InChI=1S/C40H61N7O8/c1-7-24(5)32-38(53)42-28(20-23(3)4)39(54)46-18-12-17-31(46)37(52)45-33(25(6)8-2)40(55)47-19-13-16-30(47)36(51)43-29(22-48)35(50)41-27(34(49)44-32)21-26-14-10-9-11-15-26/h9-11,14-15,23-25,27-33,48H,7-8,12-13,16-22H2,1-6H3,(H,41,50)(H,42,53)(H,43,51)(H,44,49)(H,45,52). The van der Waals surface area contributed by atoms with E-state index >= 15 is 0 Å². The first-order valence-corrected chi connectivity index (χ1v) is 20.0. The molecule has 0 spiro atoms. The molecule has 9 unspecified atom stereocenters. The molecule has 0 aromatic heterocycles. The Kier molecular flexibility index (Phi) is 15.6. The summed E-state index contributed by atoms with van der Waals surface area (Å²) >= 11 is 0. The van der Waals surface area contributed by atoms with Crippen LogP contribution in [0.4, 0.5) is 0 Å². The van der Waals surface area contributed by atoms with Crippen LogP contribution in [0.15, 0.2) is 30.3 Å². The molecule has 6 N–H and O–H groups in total. The summed E-state index contributed by atoms with van der Waals surface area (Å²) in [6.45, 7) is 11.0. The fourth-order valence-electron chi connectivity index (χ4n) is 7.62. The van der Waals surface area contributed by atoms with Crippen molar-refractivity contribution >= 4 is 41.4 Å². The second-order valence-electron chi connectivity index (χ2n) is 15.8. The van der Waals surface area contributed by atoms with Crippen molar-refractivity contribution in [2.24, 2.45) is 17.8 Å². The van der Waals surface area contributed by atoms with E-state index in [0.717, 1.165) is 0 Å². The molecule has 3 heterocycles. The lowest BCUT2D eigenvalue weighted by molar-refractivity contribution is -0.145. The predicted octanol–water partition coefficient (Wildman–Crippen LogP) is 0.779. The van der Waals surface area contributed by atoms with Gasteiger partial charge in [0.1, 0.15) is 42.3 Å². The smallest absolute Gasteiger partial charge is 0.246 e. The molecule has 55 heavy (non-hydrogen) atoms. The van der Waals surface area contributed by atoms with Gasteiger partial charge in [-0.05, 0) is 55.4 Å². The Hall–Kier alpha value is -4.53. The van der Waals surface area contributed by atoms with Crippen molar-refractivity contribution in [1.82, 2.24) is 36.4 Å². The first-order chi connectivity index (χ1) is 26.2. The molecule has 7 amide bonds. The van der Waals surface area contributed by atoms with Crippen molar-refractivity contribution in [1.29, 1.82) is 0 Å². The number of nitrogens with zero attached hydrogens (tertiary/aromatic N) is 2. The highest BCUT2D eigenvalue weighted by Crippen LogP contribution is 2.25. The average Bonchev–Trinajstić information content (AvgIpc) is 3.87. The van der Waals surface area contributed by atoms with E-state index < -0.39 is 90.3 Å². The minimum Gasteiger partial charge on any atom is -0.394 e. The van der Waals surface area contributed by atoms with Crippen LogP contribution in [0.5, 0.6) is 0 Å². The average molecular weight is 768 g/mol. The van der Waals surface area contributed by atoms with Gasteiger partial charge in [-0.25, -0.2) is 0 Å². The molecule has 0 radical (unpaired) electrons. The second-order valence-corrected chi connectivity index (χ2v) is 15.8. The maximum Gasteiger partial charge on any atom is 0.246 e.